The molecule has 0 aromatic heterocycles. The van der Waals surface area contributed by atoms with E-state index in [1.165, 1.54) is 0 Å². The number of aliphatic hydroxyl groups is 1. The molecule has 0 fully saturated rings. The zero-order valence-electron chi connectivity index (χ0n) is 6.58. The van der Waals surface area contributed by atoms with Crippen LogP contribution in [-0.4, -0.2) is 34.0 Å². The SMILES string of the molecule is N=S(=O)(CCO)CCCCN. The fraction of sp³-hybridized carbons (Fsp3) is 1.00. The van der Waals surface area contributed by atoms with Gasteiger partial charge < -0.3 is 10.8 Å². The zero-order chi connectivity index (χ0) is 8.74. The van der Waals surface area contributed by atoms with Gasteiger partial charge in [-0.25, -0.2) is 4.21 Å². The van der Waals surface area contributed by atoms with Crippen LogP contribution in [0.3, 0.4) is 0 Å². The lowest BCUT2D eigenvalue weighted by molar-refractivity contribution is 0.321. The Morgan fingerprint density at radius 1 is 1.36 bits per heavy atom. The van der Waals surface area contributed by atoms with Gasteiger partial charge >= 0.3 is 0 Å². The number of nitrogens with two attached hydrogens (primary N) is 1. The van der Waals surface area contributed by atoms with Crippen LogP contribution in [0.2, 0.25) is 0 Å². The Balaban J connectivity index is 3.56. The first-order valence-corrected chi connectivity index (χ1v) is 5.57. The fourth-order valence-corrected chi connectivity index (χ4v) is 1.90. The van der Waals surface area contributed by atoms with Gasteiger partial charge in [-0.2, -0.15) is 0 Å². The molecule has 0 aliphatic heterocycles. The van der Waals surface area contributed by atoms with Crippen LogP contribution in [0.25, 0.3) is 0 Å². The van der Waals surface area contributed by atoms with Crippen LogP contribution in [0.1, 0.15) is 12.8 Å². The van der Waals surface area contributed by atoms with Gasteiger partial charge in [0.05, 0.1) is 12.4 Å². The maximum Gasteiger partial charge on any atom is 0.0555 e. The van der Waals surface area contributed by atoms with Crippen molar-refractivity contribution in [2.45, 2.75) is 12.8 Å². The van der Waals surface area contributed by atoms with Crippen LogP contribution >= 0.6 is 0 Å². The summed E-state index contributed by atoms with van der Waals surface area (Å²) < 4.78 is 18.4. The van der Waals surface area contributed by atoms with Crippen molar-refractivity contribution in [1.82, 2.24) is 0 Å². The van der Waals surface area contributed by atoms with Crippen molar-refractivity contribution in [2.75, 3.05) is 24.7 Å². The molecular formula is C6H16N2O2S. The van der Waals surface area contributed by atoms with E-state index in [9.17, 15) is 4.21 Å². The Labute approximate surface area is 67.8 Å². The summed E-state index contributed by atoms with van der Waals surface area (Å²) in [6, 6.07) is 0. The maximum absolute atomic E-state index is 11.1. The highest BCUT2D eigenvalue weighted by atomic mass is 32.2. The number of rotatable bonds is 6. The fourth-order valence-electron chi connectivity index (χ4n) is 0.729. The number of unbranched alkanes of at least 4 members (excludes halogenated alkanes) is 1. The summed E-state index contributed by atoms with van der Waals surface area (Å²) in [6.45, 7) is 0.416. The summed E-state index contributed by atoms with van der Waals surface area (Å²) in [5.41, 5.74) is 5.23. The Morgan fingerprint density at radius 3 is 2.45 bits per heavy atom. The lowest BCUT2D eigenvalue weighted by atomic mass is 10.3. The van der Waals surface area contributed by atoms with E-state index in [1.54, 1.807) is 0 Å². The van der Waals surface area contributed by atoms with Crippen molar-refractivity contribution >= 4 is 9.73 Å². The summed E-state index contributed by atoms with van der Waals surface area (Å²) in [7, 11) is -2.51. The Kier molecular flexibility index (Phi) is 5.45. The van der Waals surface area contributed by atoms with Crippen LogP contribution in [-0.2, 0) is 9.73 Å². The average Bonchev–Trinajstić information content (AvgIpc) is 1.87. The first-order valence-electron chi connectivity index (χ1n) is 3.67. The molecule has 0 aromatic rings. The second kappa shape index (κ2) is 5.51. The average molecular weight is 180 g/mol. The smallest absolute Gasteiger partial charge is 0.0555 e. The Hall–Kier alpha value is -0.130. The first-order chi connectivity index (χ1) is 5.12. The van der Waals surface area contributed by atoms with Crippen molar-refractivity contribution < 1.29 is 9.32 Å². The minimum absolute atomic E-state index is 0.0948. The van der Waals surface area contributed by atoms with Gasteiger partial charge in [-0.3, -0.25) is 4.78 Å². The summed E-state index contributed by atoms with van der Waals surface area (Å²) in [5.74, 6) is 0.461. The molecule has 0 saturated heterocycles. The summed E-state index contributed by atoms with van der Waals surface area (Å²) in [5, 5.41) is 8.43. The summed E-state index contributed by atoms with van der Waals surface area (Å²) >= 11 is 0. The van der Waals surface area contributed by atoms with Crippen molar-refractivity contribution in [3.8, 4) is 0 Å². The molecule has 0 aliphatic carbocycles. The van der Waals surface area contributed by atoms with Gasteiger partial charge in [-0.05, 0) is 19.4 Å². The minimum atomic E-state index is -2.51. The summed E-state index contributed by atoms with van der Waals surface area (Å²) in [6.07, 6.45) is 1.53. The van der Waals surface area contributed by atoms with Gasteiger partial charge in [0.25, 0.3) is 0 Å². The van der Waals surface area contributed by atoms with Crippen molar-refractivity contribution in [1.29, 1.82) is 4.78 Å². The molecule has 5 heteroatoms. The molecule has 4 nitrogen and oxygen atoms in total. The van der Waals surface area contributed by atoms with Gasteiger partial charge in [0.1, 0.15) is 0 Å². The highest BCUT2D eigenvalue weighted by Gasteiger charge is 2.03. The van der Waals surface area contributed by atoms with Crippen molar-refractivity contribution in [2.24, 2.45) is 5.73 Å². The number of nitrogens with one attached hydrogen (secondary N) is 1. The second-order valence-electron chi connectivity index (χ2n) is 2.44. The second-order valence-corrected chi connectivity index (χ2v) is 4.88. The van der Waals surface area contributed by atoms with Gasteiger partial charge in [0, 0.05) is 15.5 Å². The molecule has 0 bridgehead atoms. The van der Waals surface area contributed by atoms with Gasteiger partial charge in [-0.15, -0.1) is 0 Å². The van der Waals surface area contributed by atoms with Crippen molar-refractivity contribution in [3.63, 3.8) is 0 Å². The summed E-state index contributed by atoms with van der Waals surface area (Å²) in [4.78, 5) is 0. The molecule has 4 N–H and O–H groups in total. The molecule has 0 rings (SSSR count). The van der Waals surface area contributed by atoms with E-state index in [0.29, 0.717) is 12.3 Å². The van der Waals surface area contributed by atoms with E-state index in [2.05, 4.69) is 0 Å². The highest BCUT2D eigenvalue weighted by molar-refractivity contribution is 7.92. The number of hydrogen-bond acceptors (Lipinski definition) is 4. The molecule has 68 valence electrons. The van der Waals surface area contributed by atoms with Gasteiger partial charge in [0.15, 0.2) is 0 Å². The van der Waals surface area contributed by atoms with Crippen LogP contribution in [0.15, 0.2) is 0 Å². The molecule has 11 heavy (non-hydrogen) atoms. The normalized spacial score (nSPS) is 16.2. The molecule has 1 unspecified atom stereocenters. The van der Waals surface area contributed by atoms with Gasteiger partial charge in [-0.1, -0.05) is 0 Å². The Bertz CT molecular complexity index is 177. The molecule has 0 aromatic carbocycles. The van der Waals surface area contributed by atoms with Crippen LogP contribution in [0.4, 0.5) is 0 Å². The number of hydrogen-bond donors (Lipinski definition) is 3. The molecule has 0 radical (unpaired) electrons. The third kappa shape index (κ3) is 6.28. The van der Waals surface area contributed by atoms with Crippen LogP contribution < -0.4 is 5.73 Å². The predicted molar refractivity (Wildman–Crippen MR) is 46.0 cm³/mol. The largest absolute Gasteiger partial charge is 0.395 e. The van der Waals surface area contributed by atoms with E-state index in [4.69, 9.17) is 15.6 Å². The molecule has 1 atom stereocenters. The lowest BCUT2D eigenvalue weighted by Crippen LogP contribution is -2.13. The van der Waals surface area contributed by atoms with Gasteiger partial charge in [0.2, 0.25) is 0 Å². The molecule has 0 saturated carbocycles. The number of aliphatic hydroxyl groups excluding tert-OH is 1. The van der Waals surface area contributed by atoms with E-state index in [-0.39, 0.29) is 12.4 Å². The highest BCUT2D eigenvalue weighted by Crippen LogP contribution is 1.96. The van der Waals surface area contributed by atoms with E-state index in [1.807, 2.05) is 0 Å². The maximum atomic E-state index is 11.1. The van der Waals surface area contributed by atoms with E-state index in [0.717, 1.165) is 12.8 Å². The predicted octanol–water partition coefficient (Wildman–Crippen LogP) is -0.236. The van der Waals surface area contributed by atoms with Crippen molar-refractivity contribution in [3.05, 3.63) is 0 Å². The standard InChI is InChI=1S/C6H16N2O2S/c7-3-1-2-5-11(8,10)6-4-9/h8-9H,1-7H2. The minimum Gasteiger partial charge on any atom is -0.395 e. The third-order valence-corrected chi connectivity index (χ3v) is 3.14. The quantitative estimate of drug-likeness (QED) is 0.493. The van der Waals surface area contributed by atoms with Crippen LogP contribution in [0, 0.1) is 4.78 Å². The van der Waals surface area contributed by atoms with E-state index >= 15 is 0 Å². The molecule has 0 heterocycles. The first kappa shape index (κ1) is 10.9. The monoisotopic (exact) mass is 180 g/mol. The zero-order valence-corrected chi connectivity index (χ0v) is 7.40. The molecule has 0 spiro atoms. The Morgan fingerprint density at radius 2 is 2.00 bits per heavy atom. The molecular weight excluding hydrogens is 164 g/mol. The third-order valence-electron chi connectivity index (χ3n) is 1.35. The van der Waals surface area contributed by atoms with E-state index < -0.39 is 9.73 Å². The topological polar surface area (TPSA) is 87.2 Å². The molecule has 0 amide bonds. The lowest BCUT2D eigenvalue weighted by Gasteiger charge is -2.03. The van der Waals surface area contributed by atoms with Crippen LogP contribution in [0.5, 0.6) is 0 Å². The molecule has 0 aliphatic rings.